The Morgan fingerprint density at radius 3 is 2.50 bits per heavy atom. The largest absolute Gasteiger partial charge is 0.459 e. The second-order valence-corrected chi connectivity index (χ2v) is 4.37. The lowest BCUT2D eigenvalue weighted by molar-refractivity contribution is -0.154. The molecule has 0 spiro atoms. The molecule has 1 saturated heterocycles. The minimum absolute atomic E-state index is 0.100. The highest BCUT2D eigenvalue weighted by Gasteiger charge is 2.32. The Labute approximate surface area is 118 Å². The Bertz CT molecular complexity index is 436. The molecule has 5 nitrogen and oxygen atoms in total. The van der Waals surface area contributed by atoms with Crippen LogP contribution in [0.2, 0.25) is 0 Å². The first kappa shape index (κ1) is 15.9. The maximum absolute atomic E-state index is 11.3. The summed E-state index contributed by atoms with van der Waals surface area (Å²) in [6, 6.07) is 8.99. The Morgan fingerprint density at radius 2 is 2.05 bits per heavy atom. The molecule has 1 aromatic rings. The van der Waals surface area contributed by atoms with Crippen LogP contribution >= 0.6 is 0 Å². The van der Waals surface area contributed by atoms with Crippen molar-refractivity contribution in [1.82, 2.24) is 5.32 Å². The van der Waals surface area contributed by atoms with E-state index in [-0.39, 0.29) is 24.9 Å². The van der Waals surface area contributed by atoms with Gasteiger partial charge in [-0.25, -0.2) is 4.79 Å². The zero-order chi connectivity index (χ0) is 14.8. The van der Waals surface area contributed by atoms with E-state index in [2.05, 4.69) is 5.32 Å². The van der Waals surface area contributed by atoms with Crippen molar-refractivity contribution < 1.29 is 19.1 Å². The van der Waals surface area contributed by atoms with Gasteiger partial charge in [-0.15, -0.1) is 0 Å². The molecule has 0 radical (unpaired) electrons. The summed E-state index contributed by atoms with van der Waals surface area (Å²) in [4.78, 5) is 31.3. The number of unbranched alkanes of at least 4 members (excludes halogenated alkanes) is 1. The topological polar surface area (TPSA) is 72.5 Å². The van der Waals surface area contributed by atoms with Crippen LogP contribution in [0.15, 0.2) is 30.3 Å². The van der Waals surface area contributed by atoms with Crippen molar-refractivity contribution >= 4 is 18.2 Å². The molecule has 5 heteroatoms. The molecule has 1 unspecified atom stereocenters. The first-order chi connectivity index (χ1) is 9.67. The second kappa shape index (κ2) is 8.85. The summed E-state index contributed by atoms with van der Waals surface area (Å²) >= 11 is 0. The predicted molar refractivity (Wildman–Crippen MR) is 73.8 cm³/mol. The summed E-state index contributed by atoms with van der Waals surface area (Å²) in [6.07, 6.45) is 2.86. The fourth-order valence-electron chi connectivity index (χ4n) is 1.45. The number of benzene rings is 1. The van der Waals surface area contributed by atoms with E-state index in [4.69, 9.17) is 4.74 Å². The number of esters is 1. The lowest BCUT2D eigenvalue weighted by atomic mass is 10.1. The van der Waals surface area contributed by atoms with Crippen LogP contribution in [0.5, 0.6) is 0 Å². The minimum atomic E-state index is -0.443. The number of aldehydes is 1. The highest BCUT2D eigenvalue weighted by atomic mass is 16.5. The molecule has 1 aliphatic heterocycles. The molecular formula is C15H19NO4. The lowest BCUT2D eigenvalue weighted by Crippen LogP contribution is -2.53. The van der Waals surface area contributed by atoms with Gasteiger partial charge in [0.05, 0.1) is 6.42 Å². The van der Waals surface area contributed by atoms with Gasteiger partial charge in [0.15, 0.2) is 0 Å². The lowest BCUT2D eigenvalue weighted by Gasteiger charge is -2.24. The highest BCUT2D eigenvalue weighted by Crippen LogP contribution is 2.08. The number of hydrogen-bond donors (Lipinski definition) is 1. The van der Waals surface area contributed by atoms with E-state index < -0.39 is 6.04 Å². The molecule has 1 aromatic carbocycles. The quantitative estimate of drug-likeness (QED) is 0.504. The van der Waals surface area contributed by atoms with Crippen LogP contribution in [0.25, 0.3) is 0 Å². The number of ether oxygens (including phenoxy) is 1. The molecule has 1 N–H and O–H groups in total. The summed E-state index contributed by atoms with van der Waals surface area (Å²) in [5, 5.41) is 2.47. The molecule has 1 heterocycles. The Morgan fingerprint density at radius 1 is 1.40 bits per heavy atom. The van der Waals surface area contributed by atoms with Crippen LogP contribution < -0.4 is 5.32 Å². The molecule has 1 fully saturated rings. The van der Waals surface area contributed by atoms with E-state index >= 15 is 0 Å². The van der Waals surface area contributed by atoms with Crippen molar-refractivity contribution in [1.29, 1.82) is 0 Å². The smallest absolute Gasteiger partial charge is 0.329 e. The Kier molecular flexibility index (Phi) is 7.03. The summed E-state index contributed by atoms with van der Waals surface area (Å²) in [7, 11) is 0. The van der Waals surface area contributed by atoms with Gasteiger partial charge >= 0.3 is 5.97 Å². The minimum Gasteiger partial charge on any atom is -0.459 e. The number of amides is 1. The van der Waals surface area contributed by atoms with Crippen LogP contribution in [0.3, 0.4) is 0 Å². The van der Waals surface area contributed by atoms with Crippen molar-refractivity contribution in [2.45, 2.75) is 38.8 Å². The molecule has 0 aromatic heterocycles. The van der Waals surface area contributed by atoms with Crippen molar-refractivity contribution in [3.05, 3.63) is 35.9 Å². The fourth-order valence-corrected chi connectivity index (χ4v) is 1.45. The molecule has 20 heavy (non-hydrogen) atoms. The van der Waals surface area contributed by atoms with E-state index in [0.717, 1.165) is 18.3 Å². The van der Waals surface area contributed by atoms with Crippen molar-refractivity contribution in [2.75, 3.05) is 0 Å². The van der Waals surface area contributed by atoms with Gasteiger partial charge in [0.25, 0.3) is 0 Å². The Balaban J connectivity index is 0.000000347. The number of carbonyl (C=O) groups is 3. The van der Waals surface area contributed by atoms with Crippen molar-refractivity contribution in [3.63, 3.8) is 0 Å². The third-order valence-corrected chi connectivity index (χ3v) is 2.64. The van der Waals surface area contributed by atoms with Crippen LogP contribution in [0, 0.1) is 0 Å². The van der Waals surface area contributed by atoms with Crippen molar-refractivity contribution in [2.24, 2.45) is 0 Å². The molecule has 0 saturated carbocycles. The predicted octanol–water partition coefficient (Wildman–Crippen LogP) is 1.60. The van der Waals surface area contributed by atoms with Crippen LogP contribution in [-0.2, 0) is 25.7 Å². The number of hydrogen-bond acceptors (Lipinski definition) is 4. The molecule has 2 rings (SSSR count). The number of rotatable bonds is 5. The number of carbonyl (C=O) groups excluding carboxylic acids is 3. The molecule has 108 valence electrons. The maximum Gasteiger partial charge on any atom is 0.329 e. The molecule has 0 aliphatic carbocycles. The van der Waals surface area contributed by atoms with Gasteiger partial charge in [0.2, 0.25) is 5.91 Å². The van der Waals surface area contributed by atoms with Gasteiger partial charge in [-0.1, -0.05) is 37.3 Å². The zero-order valence-electron chi connectivity index (χ0n) is 11.5. The van der Waals surface area contributed by atoms with E-state index in [0.29, 0.717) is 6.42 Å². The van der Waals surface area contributed by atoms with Gasteiger partial charge in [0, 0.05) is 6.42 Å². The fraction of sp³-hybridized carbons (Fsp3) is 0.400. The molecule has 1 amide bonds. The number of nitrogens with one attached hydrogen (secondary N) is 1. The average molecular weight is 277 g/mol. The third-order valence-electron chi connectivity index (χ3n) is 2.64. The van der Waals surface area contributed by atoms with Gasteiger partial charge in [-0.2, -0.15) is 0 Å². The molecule has 1 atom stereocenters. The monoisotopic (exact) mass is 277 g/mol. The van der Waals surface area contributed by atoms with Crippen LogP contribution in [0.4, 0.5) is 0 Å². The normalized spacial score (nSPS) is 16.1. The molecule has 0 bridgehead atoms. The van der Waals surface area contributed by atoms with Gasteiger partial charge in [-0.05, 0) is 12.0 Å². The van der Waals surface area contributed by atoms with E-state index in [1.165, 1.54) is 0 Å². The third kappa shape index (κ3) is 5.65. The summed E-state index contributed by atoms with van der Waals surface area (Å²) in [5.41, 5.74) is 0.941. The van der Waals surface area contributed by atoms with Gasteiger partial charge in [0.1, 0.15) is 18.9 Å². The zero-order valence-corrected chi connectivity index (χ0v) is 11.5. The standard InChI is InChI=1S/C11H11NO3.C4H8O/c13-10-6-9(12-10)11(14)15-7-8-4-2-1-3-5-8;1-2-3-4-5/h1-5,9H,6-7H2,(H,12,13);4H,2-3H2,1H3. The maximum atomic E-state index is 11.3. The first-order valence-electron chi connectivity index (χ1n) is 6.61. The number of β-lactam (4-membered cyclic amide) rings is 1. The summed E-state index contributed by atoms with van der Waals surface area (Å²) in [5.74, 6) is -0.463. The summed E-state index contributed by atoms with van der Waals surface area (Å²) in [6.45, 7) is 2.24. The van der Waals surface area contributed by atoms with Crippen LogP contribution in [-0.4, -0.2) is 24.2 Å². The van der Waals surface area contributed by atoms with E-state index in [1.54, 1.807) is 0 Å². The molecule has 1 aliphatic rings. The van der Waals surface area contributed by atoms with Gasteiger partial charge in [-0.3, -0.25) is 4.79 Å². The van der Waals surface area contributed by atoms with E-state index in [9.17, 15) is 14.4 Å². The first-order valence-corrected chi connectivity index (χ1v) is 6.61. The second-order valence-electron chi connectivity index (χ2n) is 4.37. The highest BCUT2D eigenvalue weighted by molar-refractivity contribution is 5.94. The van der Waals surface area contributed by atoms with Gasteiger partial charge < -0.3 is 14.8 Å². The average Bonchev–Trinajstić information content (AvgIpc) is 2.44. The molecular weight excluding hydrogens is 258 g/mol. The SMILES string of the molecule is CCCC=O.O=C1CC(C(=O)OCc2ccccc2)N1. The Hall–Kier alpha value is -2.17. The van der Waals surface area contributed by atoms with Crippen molar-refractivity contribution in [3.8, 4) is 0 Å². The van der Waals surface area contributed by atoms with E-state index in [1.807, 2.05) is 37.3 Å². The summed E-state index contributed by atoms with van der Waals surface area (Å²) < 4.78 is 5.03. The van der Waals surface area contributed by atoms with Crippen LogP contribution in [0.1, 0.15) is 31.7 Å².